The molecule has 2 aliphatic heterocycles. The van der Waals surface area contributed by atoms with Crippen molar-refractivity contribution in [1.29, 1.82) is 0 Å². The second-order valence-corrected chi connectivity index (χ2v) is 9.55. The highest BCUT2D eigenvalue weighted by Crippen LogP contribution is 2.29. The second-order valence-electron chi connectivity index (χ2n) is 9.55. The fraction of sp³-hybridized carbons (Fsp3) is 0.583. The van der Waals surface area contributed by atoms with E-state index in [1.165, 1.54) is 4.90 Å². The highest BCUT2D eigenvalue weighted by molar-refractivity contribution is 5.90. The smallest absolute Gasteiger partial charge is 0.407 e. The zero-order valence-electron chi connectivity index (χ0n) is 19.5. The number of cyclic esters (lactones) is 1. The third-order valence-electron chi connectivity index (χ3n) is 5.83. The number of carboxylic acid groups (broad SMARTS) is 1. The number of amides is 2. The molecule has 2 aliphatic rings. The van der Waals surface area contributed by atoms with Crippen LogP contribution in [0.5, 0.6) is 5.88 Å². The van der Waals surface area contributed by atoms with E-state index in [1.807, 2.05) is 45.1 Å². The number of aliphatic carboxylic acids is 1. The number of hydrogen-bond acceptors (Lipinski definition) is 6. The van der Waals surface area contributed by atoms with Crippen molar-refractivity contribution >= 4 is 24.0 Å². The van der Waals surface area contributed by atoms with Crippen LogP contribution in [-0.4, -0.2) is 64.3 Å². The first-order chi connectivity index (χ1) is 15.7. The van der Waals surface area contributed by atoms with E-state index < -0.39 is 41.6 Å². The molecule has 1 aromatic heterocycles. The van der Waals surface area contributed by atoms with Gasteiger partial charge in [0, 0.05) is 18.2 Å². The van der Waals surface area contributed by atoms with E-state index in [1.54, 1.807) is 6.20 Å². The Kier molecular flexibility index (Phi) is 7.94. The topological polar surface area (TPSA) is 118 Å². The van der Waals surface area contributed by atoms with Gasteiger partial charge in [-0.2, -0.15) is 0 Å². The molecule has 2 N–H and O–H groups in total. The molecule has 9 heteroatoms. The van der Waals surface area contributed by atoms with Crippen molar-refractivity contribution < 1.29 is 29.0 Å². The summed E-state index contributed by atoms with van der Waals surface area (Å²) in [5.41, 5.74) is 0.149. The van der Waals surface area contributed by atoms with Crippen LogP contribution < -0.4 is 10.1 Å². The van der Waals surface area contributed by atoms with E-state index in [4.69, 9.17) is 9.47 Å². The predicted octanol–water partition coefficient (Wildman–Crippen LogP) is 3.24. The molecule has 0 radical (unpaired) electrons. The third kappa shape index (κ3) is 6.46. The molecule has 180 valence electrons. The number of nitrogens with one attached hydrogen (secondary N) is 1. The minimum absolute atomic E-state index is 0.0822. The van der Waals surface area contributed by atoms with Crippen LogP contribution in [0.3, 0.4) is 0 Å². The Balaban J connectivity index is 1.91. The lowest BCUT2D eigenvalue weighted by Gasteiger charge is -2.34. The normalized spacial score (nSPS) is 25.2. The number of carboxylic acids is 1. The second kappa shape index (κ2) is 10.7. The standard InChI is InChI=1S/C24H33N3O6/c1-24(2,3)19-21(28)27-15-17(14-18(27)22(29)30)33-20-16(11-9-12-25-20)10-7-5-4-6-8-13-32-23(31)26-19/h7,9-12,17-19H,4-6,8,13-15H2,1-3H3,(H,26,31)(H,29,30)/t17-,18-,19+/m0/s1. The lowest BCUT2D eigenvalue weighted by atomic mass is 9.85. The molecule has 1 aromatic rings. The lowest BCUT2D eigenvalue weighted by molar-refractivity contribution is -0.150. The number of ether oxygens (including phenoxy) is 2. The van der Waals surface area contributed by atoms with E-state index in [0.717, 1.165) is 24.8 Å². The molecule has 3 atom stereocenters. The molecule has 2 bridgehead atoms. The zero-order chi connectivity index (χ0) is 24.0. The molecule has 1 saturated heterocycles. The predicted molar refractivity (Wildman–Crippen MR) is 122 cm³/mol. The Labute approximate surface area is 194 Å². The summed E-state index contributed by atoms with van der Waals surface area (Å²) in [5.74, 6) is -1.18. The number of rotatable bonds is 1. The number of pyridine rings is 1. The number of aromatic nitrogens is 1. The van der Waals surface area contributed by atoms with Crippen LogP contribution >= 0.6 is 0 Å². The molecular weight excluding hydrogens is 426 g/mol. The molecule has 2 amide bonds. The number of carbonyl (C=O) groups is 3. The molecule has 33 heavy (non-hydrogen) atoms. The Morgan fingerprint density at radius 1 is 1.24 bits per heavy atom. The SMILES string of the molecule is CC(C)(C)[C@@H]1NC(=O)OCCCCCC=Cc2cccnc2O[C@H]2C[C@@H](C(=O)O)N(C2)C1=O. The quantitative estimate of drug-likeness (QED) is 0.662. The first kappa shape index (κ1) is 24.5. The average molecular weight is 460 g/mol. The average Bonchev–Trinajstić information content (AvgIpc) is 3.17. The van der Waals surface area contributed by atoms with Gasteiger partial charge in [0.2, 0.25) is 11.8 Å². The number of fused-ring (bicyclic) bond motifs is 3. The van der Waals surface area contributed by atoms with E-state index in [9.17, 15) is 19.5 Å². The first-order valence-electron chi connectivity index (χ1n) is 11.4. The fourth-order valence-electron chi connectivity index (χ4n) is 4.04. The highest BCUT2D eigenvalue weighted by Gasteiger charge is 2.46. The largest absolute Gasteiger partial charge is 0.480 e. The summed E-state index contributed by atoms with van der Waals surface area (Å²) < 4.78 is 11.3. The number of hydrogen-bond donors (Lipinski definition) is 2. The summed E-state index contributed by atoms with van der Waals surface area (Å²) in [5, 5.41) is 12.4. The van der Waals surface area contributed by atoms with Crippen LogP contribution in [-0.2, 0) is 14.3 Å². The fourth-order valence-corrected chi connectivity index (χ4v) is 4.04. The minimum Gasteiger partial charge on any atom is -0.480 e. The molecule has 3 rings (SSSR count). The Bertz CT molecular complexity index is 894. The molecular formula is C24H33N3O6. The number of alkyl carbamates (subject to hydrolysis) is 1. The molecule has 3 heterocycles. The number of carbonyl (C=O) groups excluding carboxylic acids is 2. The molecule has 0 spiro atoms. The van der Waals surface area contributed by atoms with Crippen LogP contribution in [0.4, 0.5) is 4.79 Å². The van der Waals surface area contributed by atoms with Gasteiger partial charge in [0.05, 0.1) is 13.2 Å². The van der Waals surface area contributed by atoms with Crippen LogP contribution in [0.15, 0.2) is 24.4 Å². The van der Waals surface area contributed by atoms with Gasteiger partial charge in [-0.1, -0.05) is 32.9 Å². The maximum absolute atomic E-state index is 13.5. The molecule has 0 aromatic carbocycles. The monoisotopic (exact) mass is 459 g/mol. The van der Waals surface area contributed by atoms with Gasteiger partial charge in [0.25, 0.3) is 0 Å². The van der Waals surface area contributed by atoms with Crippen molar-refractivity contribution in [2.24, 2.45) is 5.41 Å². The molecule has 0 aliphatic carbocycles. The van der Waals surface area contributed by atoms with Crippen molar-refractivity contribution in [2.75, 3.05) is 13.2 Å². The van der Waals surface area contributed by atoms with Crippen molar-refractivity contribution in [2.45, 2.75) is 71.1 Å². The van der Waals surface area contributed by atoms with Crippen molar-refractivity contribution in [1.82, 2.24) is 15.2 Å². The molecule has 9 nitrogen and oxygen atoms in total. The van der Waals surface area contributed by atoms with Gasteiger partial charge in [0.1, 0.15) is 18.2 Å². The van der Waals surface area contributed by atoms with Crippen molar-refractivity contribution in [3.05, 3.63) is 30.0 Å². The summed E-state index contributed by atoms with van der Waals surface area (Å²) in [6, 6.07) is 1.70. The van der Waals surface area contributed by atoms with Gasteiger partial charge in [-0.15, -0.1) is 0 Å². The van der Waals surface area contributed by atoms with Gasteiger partial charge in [-0.05, 0) is 43.2 Å². The van der Waals surface area contributed by atoms with Gasteiger partial charge < -0.3 is 24.8 Å². The molecule has 1 fully saturated rings. The van der Waals surface area contributed by atoms with Crippen LogP contribution in [0.25, 0.3) is 6.08 Å². The van der Waals surface area contributed by atoms with Crippen LogP contribution in [0.1, 0.15) is 58.4 Å². The molecule has 0 saturated carbocycles. The van der Waals surface area contributed by atoms with Crippen molar-refractivity contribution in [3.63, 3.8) is 0 Å². The van der Waals surface area contributed by atoms with Gasteiger partial charge in [-0.3, -0.25) is 4.79 Å². The summed E-state index contributed by atoms with van der Waals surface area (Å²) >= 11 is 0. The number of allylic oxidation sites excluding steroid dienone is 1. The van der Waals surface area contributed by atoms with Gasteiger partial charge in [0.15, 0.2) is 0 Å². The highest BCUT2D eigenvalue weighted by atomic mass is 16.5. The van der Waals surface area contributed by atoms with Crippen molar-refractivity contribution in [3.8, 4) is 5.88 Å². The molecule has 0 unspecified atom stereocenters. The lowest BCUT2D eigenvalue weighted by Crippen LogP contribution is -2.57. The van der Waals surface area contributed by atoms with Gasteiger partial charge >= 0.3 is 12.1 Å². The summed E-state index contributed by atoms with van der Waals surface area (Å²) in [6.45, 7) is 5.78. The van der Waals surface area contributed by atoms with E-state index in [0.29, 0.717) is 12.3 Å². The minimum atomic E-state index is -1.11. The van der Waals surface area contributed by atoms with E-state index in [2.05, 4.69) is 10.3 Å². The van der Waals surface area contributed by atoms with Crippen LogP contribution in [0, 0.1) is 5.41 Å². The zero-order valence-corrected chi connectivity index (χ0v) is 19.5. The maximum atomic E-state index is 13.5. The number of nitrogens with zero attached hydrogens (tertiary/aromatic N) is 2. The Hall–Kier alpha value is -3.10. The first-order valence-corrected chi connectivity index (χ1v) is 11.4. The van der Waals surface area contributed by atoms with E-state index in [-0.39, 0.29) is 19.6 Å². The summed E-state index contributed by atoms with van der Waals surface area (Å²) in [4.78, 5) is 43.4. The van der Waals surface area contributed by atoms with E-state index >= 15 is 0 Å². The van der Waals surface area contributed by atoms with Crippen LogP contribution in [0.2, 0.25) is 0 Å². The Morgan fingerprint density at radius 2 is 2.03 bits per heavy atom. The maximum Gasteiger partial charge on any atom is 0.407 e. The van der Waals surface area contributed by atoms with Gasteiger partial charge in [-0.25, -0.2) is 14.6 Å². The summed E-state index contributed by atoms with van der Waals surface area (Å²) in [6.07, 6.45) is 7.93. The Morgan fingerprint density at radius 3 is 2.76 bits per heavy atom. The summed E-state index contributed by atoms with van der Waals surface area (Å²) in [7, 11) is 0. The third-order valence-corrected chi connectivity index (χ3v) is 5.83.